The van der Waals surface area contributed by atoms with Crippen LogP contribution in [-0.2, 0) is 6.54 Å². The van der Waals surface area contributed by atoms with Crippen molar-refractivity contribution in [3.63, 3.8) is 0 Å². The molecule has 0 N–H and O–H groups in total. The van der Waals surface area contributed by atoms with Crippen molar-refractivity contribution in [2.24, 2.45) is 0 Å². The summed E-state index contributed by atoms with van der Waals surface area (Å²) in [4.78, 5) is 12.3. The van der Waals surface area contributed by atoms with Crippen molar-refractivity contribution >= 4 is 17.4 Å². The molecule has 0 saturated carbocycles. The van der Waals surface area contributed by atoms with E-state index >= 15 is 0 Å². The number of carbonyl (C=O) groups is 1. The molecule has 1 aromatic carbocycles. The van der Waals surface area contributed by atoms with Gasteiger partial charge < -0.3 is 4.57 Å². The molecule has 0 aliphatic heterocycles. The SMILES string of the molecule is Cc1cccc(C(=O)c2cccn2CCCl)c1. The van der Waals surface area contributed by atoms with Gasteiger partial charge in [0.2, 0.25) is 5.78 Å². The zero-order valence-corrected chi connectivity index (χ0v) is 10.4. The summed E-state index contributed by atoms with van der Waals surface area (Å²) in [6, 6.07) is 11.3. The molecule has 0 unspecified atom stereocenters. The van der Waals surface area contributed by atoms with Crippen LogP contribution >= 0.6 is 11.6 Å². The summed E-state index contributed by atoms with van der Waals surface area (Å²) in [7, 11) is 0. The Bertz CT molecular complexity index is 531. The number of halogens is 1. The second kappa shape index (κ2) is 5.19. The molecule has 3 heteroatoms. The van der Waals surface area contributed by atoms with E-state index < -0.39 is 0 Å². The molecule has 17 heavy (non-hydrogen) atoms. The average molecular weight is 248 g/mol. The topological polar surface area (TPSA) is 22.0 Å². The molecule has 0 radical (unpaired) electrons. The van der Waals surface area contributed by atoms with Crippen LogP contribution in [0.5, 0.6) is 0 Å². The number of carbonyl (C=O) groups excluding carboxylic acids is 1. The predicted molar refractivity (Wildman–Crippen MR) is 69.8 cm³/mol. The fourth-order valence-corrected chi connectivity index (χ4v) is 2.02. The van der Waals surface area contributed by atoms with Crippen LogP contribution in [0, 0.1) is 6.92 Å². The average Bonchev–Trinajstić information content (AvgIpc) is 2.77. The van der Waals surface area contributed by atoms with Crippen LogP contribution in [0.2, 0.25) is 0 Å². The highest BCUT2D eigenvalue weighted by Gasteiger charge is 2.12. The third-order valence-corrected chi connectivity index (χ3v) is 2.84. The molecule has 88 valence electrons. The lowest BCUT2D eigenvalue weighted by Gasteiger charge is -2.06. The lowest BCUT2D eigenvalue weighted by atomic mass is 10.1. The Morgan fingerprint density at radius 1 is 1.29 bits per heavy atom. The van der Waals surface area contributed by atoms with Crippen molar-refractivity contribution in [3.05, 3.63) is 59.4 Å². The predicted octanol–water partition coefficient (Wildman–Crippen LogP) is 3.27. The van der Waals surface area contributed by atoms with Crippen LogP contribution in [0.4, 0.5) is 0 Å². The molecular weight excluding hydrogens is 234 g/mol. The molecule has 1 heterocycles. The van der Waals surface area contributed by atoms with Gasteiger partial charge in [-0.25, -0.2) is 0 Å². The first kappa shape index (κ1) is 11.9. The minimum Gasteiger partial charge on any atom is -0.344 e. The van der Waals surface area contributed by atoms with Gasteiger partial charge in [0.15, 0.2) is 0 Å². The van der Waals surface area contributed by atoms with E-state index in [4.69, 9.17) is 11.6 Å². The van der Waals surface area contributed by atoms with Crippen LogP contribution in [0.15, 0.2) is 42.6 Å². The summed E-state index contributed by atoms with van der Waals surface area (Å²) >= 11 is 5.71. The number of hydrogen-bond acceptors (Lipinski definition) is 1. The second-order valence-electron chi connectivity index (χ2n) is 3.97. The molecule has 0 aliphatic carbocycles. The fourth-order valence-electron chi connectivity index (χ4n) is 1.84. The number of aryl methyl sites for hydroxylation is 2. The molecule has 0 aliphatic rings. The molecule has 0 spiro atoms. The zero-order valence-electron chi connectivity index (χ0n) is 9.69. The summed E-state index contributed by atoms with van der Waals surface area (Å²) in [5.74, 6) is 0.548. The molecule has 0 atom stereocenters. The van der Waals surface area contributed by atoms with Gasteiger partial charge in [0, 0.05) is 24.2 Å². The largest absolute Gasteiger partial charge is 0.344 e. The standard InChI is InChI=1S/C14H14ClNO/c1-11-4-2-5-12(10-11)14(17)13-6-3-8-16(13)9-7-15/h2-6,8,10H,7,9H2,1H3. The number of ketones is 1. The molecule has 1 aromatic heterocycles. The van der Waals surface area contributed by atoms with Gasteiger partial charge in [-0.1, -0.05) is 23.8 Å². The first-order chi connectivity index (χ1) is 8.22. The number of alkyl halides is 1. The molecule has 0 bridgehead atoms. The minimum atomic E-state index is 0.0452. The molecule has 0 saturated heterocycles. The minimum absolute atomic E-state index is 0.0452. The monoisotopic (exact) mass is 247 g/mol. The summed E-state index contributed by atoms with van der Waals surface area (Å²) in [6.45, 7) is 2.63. The number of benzene rings is 1. The Hall–Kier alpha value is -1.54. The van der Waals surface area contributed by atoms with Crippen molar-refractivity contribution in [2.45, 2.75) is 13.5 Å². The molecule has 2 nitrogen and oxygen atoms in total. The fraction of sp³-hybridized carbons (Fsp3) is 0.214. The first-order valence-corrected chi connectivity index (χ1v) is 6.08. The summed E-state index contributed by atoms with van der Waals surface area (Å²) in [5.41, 5.74) is 2.50. The Morgan fingerprint density at radius 3 is 2.82 bits per heavy atom. The second-order valence-corrected chi connectivity index (χ2v) is 4.35. The highest BCUT2D eigenvalue weighted by atomic mass is 35.5. The molecule has 0 amide bonds. The van der Waals surface area contributed by atoms with Gasteiger partial charge >= 0.3 is 0 Å². The lowest BCUT2D eigenvalue weighted by molar-refractivity contribution is 0.103. The van der Waals surface area contributed by atoms with E-state index in [2.05, 4.69) is 0 Å². The maximum atomic E-state index is 12.3. The van der Waals surface area contributed by atoms with Crippen molar-refractivity contribution in [2.75, 3.05) is 5.88 Å². The highest BCUT2D eigenvalue weighted by Crippen LogP contribution is 2.12. The first-order valence-electron chi connectivity index (χ1n) is 5.55. The summed E-state index contributed by atoms with van der Waals surface area (Å²) < 4.78 is 1.89. The Morgan fingerprint density at radius 2 is 2.12 bits per heavy atom. The van der Waals surface area contributed by atoms with Crippen LogP contribution in [0.25, 0.3) is 0 Å². The maximum absolute atomic E-state index is 12.3. The van der Waals surface area contributed by atoms with Crippen LogP contribution < -0.4 is 0 Å². The third kappa shape index (κ3) is 2.59. The molecular formula is C14H14ClNO. The Balaban J connectivity index is 2.33. The van der Waals surface area contributed by atoms with E-state index in [9.17, 15) is 4.79 Å². The molecule has 2 aromatic rings. The van der Waals surface area contributed by atoms with Gasteiger partial charge in [0.25, 0.3) is 0 Å². The lowest BCUT2D eigenvalue weighted by Crippen LogP contribution is -2.10. The van der Waals surface area contributed by atoms with E-state index in [0.717, 1.165) is 11.1 Å². The summed E-state index contributed by atoms with van der Waals surface area (Å²) in [6.07, 6.45) is 1.88. The van der Waals surface area contributed by atoms with Crippen LogP contribution in [-0.4, -0.2) is 16.2 Å². The number of hydrogen-bond donors (Lipinski definition) is 0. The van der Waals surface area contributed by atoms with E-state index in [1.165, 1.54) is 0 Å². The van der Waals surface area contributed by atoms with Gasteiger partial charge in [-0.15, -0.1) is 11.6 Å². The number of rotatable bonds is 4. The molecule has 0 fully saturated rings. The summed E-state index contributed by atoms with van der Waals surface area (Å²) in [5, 5.41) is 0. The van der Waals surface area contributed by atoms with E-state index in [-0.39, 0.29) is 5.78 Å². The highest BCUT2D eigenvalue weighted by molar-refractivity contribution is 6.17. The van der Waals surface area contributed by atoms with Crippen LogP contribution in [0.3, 0.4) is 0 Å². The normalized spacial score (nSPS) is 10.5. The number of nitrogens with zero attached hydrogens (tertiary/aromatic N) is 1. The van der Waals surface area contributed by atoms with E-state index in [1.807, 2.05) is 54.1 Å². The quantitative estimate of drug-likeness (QED) is 0.600. The third-order valence-electron chi connectivity index (χ3n) is 2.67. The Kier molecular flexibility index (Phi) is 3.64. The van der Waals surface area contributed by atoms with Crippen molar-refractivity contribution in [1.82, 2.24) is 4.57 Å². The smallest absolute Gasteiger partial charge is 0.209 e. The number of aromatic nitrogens is 1. The van der Waals surface area contributed by atoms with Gasteiger partial charge in [-0.05, 0) is 25.1 Å². The van der Waals surface area contributed by atoms with Gasteiger partial charge in [0.1, 0.15) is 0 Å². The van der Waals surface area contributed by atoms with Gasteiger partial charge in [-0.3, -0.25) is 4.79 Å². The van der Waals surface area contributed by atoms with Crippen molar-refractivity contribution in [3.8, 4) is 0 Å². The van der Waals surface area contributed by atoms with Crippen molar-refractivity contribution in [1.29, 1.82) is 0 Å². The Labute approximate surface area is 106 Å². The molecule has 2 rings (SSSR count). The van der Waals surface area contributed by atoms with Crippen LogP contribution in [0.1, 0.15) is 21.6 Å². The zero-order chi connectivity index (χ0) is 12.3. The van der Waals surface area contributed by atoms with Gasteiger partial charge in [0.05, 0.1) is 5.69 Å². The van der Waals surface area contributed by atoms with Gasteiger partial charge in [-0.2, -0.15) is 0 Å². The van der Waals surface area contributed by atoms with E-state index in [0.29, 0.717) is 18.1 Å². The van der Waals surface area contributed by atoms with Crippen molar-refractivity contribution < 1.29 is 4.79 Å². The maximum Gasteiger partial charge on any atom is 0.209 e. The van der Waals surface area contributed by atoms with E-state index in [1.54, 1.807) is 0 Å².